The molecule has 1 unspecified atom stereocenters. The highest BCUT2D eigenvalue weighted by atomic mass is 14.9. The molecular formula is C18H23N. The van der Waals surface area contributed by atoms with Crippen LogP contribution in [0.2, 0.25) is 0 Å². The Labute approximate surface area is 116 Å². The van der Waals surface area contributed by atoms with Gasteiger partial charge in [0.25, 0.3) is 0 Å². The first-order chi connectivity index (χ1) is 9.29. The molecular weight excluding hydrogens is 230 g/mol. The van der Waals surface area contributed by atoms with Gasteiger partial charge in [0.1, 0.15) is 0 Å². The van der Waals surface area contributed by atoms with Crippen LogP contribution in [0.25, 0.3) is 11.1 Å². The molecule has 2 rings (SSSR count). The van der Waals surface area contributed by atoms with Gasteiger partial charge in [0.05, 0.1) is 0 Å². The summed E-state index contributed by atoms with van der Waals surface area (Å²) in [6.07, 6.45) is 3.78. The number of hydrogen-bond acceptors (Lipinski definition) is 1. The third kappa shape index (κ3) is 4.13. The van der Waals surface area contributed by atoms with Crippen LogP contribution in [0.1, 0.15) is 33.1 Å². The molecule has 0 spiro atoms. The zero-order valence-electron chi connectivity index (χ0n) is 11.9. The largest absolute Gasteiger partial charge is 0.383 e. The standard InChI is InChI=1S/C18H23N/c1-3-4-8-15(2)19-18-13-11-17(12-14-18)16-9-6-5-7-10-16/h5-7,9-15,19H,3-4,8H2,1-2H3. The van der Waals surface area contributed by atoms with Crippen molar-refractivity contribution in [1.82, 2.24) is 0 Å². The highest BCUT2D eigenvalue weighted by Crippen LogP contribution is 2.21. The van der Waals surface area contributed by atoms with Crippen LogP contribution in [-0.2, 0) is 0 Å². The Morgan fingerprint density at radius 3 is 2.16 bits per heavy atom. The van der Waals surface area contributed by atoms with E-state index in [0.29, 0.717) is 6.04 Å². The van der Waals surface area contributed by atoms with Gasteiger partial charge in [-0.1, -0.05) is 62.2 Å². The van der Waals surface area contributed by atoms with Crippen LogP contribution in [0.5, 0.6) is 0 Å². The lowest BCUT2D eigenvalue weighted by Crippen LogP contribution is -2.14. The van der Waals surface area contributed by atoms with Crippen LogP contribution in [0.3, 0.4) is 0 Å². The summed E-state index contributed by atoms with van der Waals surface area (Å²) < 4.78 is 0. The molecule has 100 valence electrons. The van der Waals surface area contributed by atoms with Crippen molar-refractivity contribution in [2.75, 3.05) is 5.32 Å². The second-order valence-corrected chi connectivity index (χ2v) is 5.13. The van der Waals surface area contributed by atoms with Crippen molar-refractivity contribution in [2.24, 2.45) is 0 Å². The number of benzene rings is 2. The normalized spacial score (nSPS) is 12.1. The highest BCUT2D eigenvalue weighted by Gasteiger charge is 2.02. The van der Waals surface area contributed by atoms with Gasteiger partial charge in [-0.15, -0.1) is 0 Å². The lowest BCUT2D eigenvalue weighted by atomic mass is 10.1. The molecule has 0 aliphatic carbocycles. The maximum atomic E-state index is 3.56. The van der Waals surface area contributed by atoms with Gasteiger partial charge in [-0.25, -0.2) is 0 Å². The van der Waals surface area contributed by atoms with Crippen LogP contribution in [0.4, 0.5) is 5.69 Å². The number of anilines is 1. The van der Waals surface area contributed by atoms with Crippen molar-refractivity contribution in [3.63, 3.8) is 0 Å². The van der Waals surface area contributed by atoms with E-state index in [4.69, 9.17) is 0 Å². The monoisotopic (exact) mass is 253 g/mol. The Morgan fingerprint density at radius 1 is 0.895 bits per heavy atom. The van der Waals surface area contributed by atoms with E-state index in [1.54, 1.807) is 0 Å². The molecule has 0 heterocycles. The van der Waals surface area contributed by atoms with Gasteiger partial charge in [0, 0.05) is 11.7 Å². The van der Waals surface area contributed by atoms with Gasteiger partial charge in [-0.2, -0.15) is 0 Å². The first kappa shape index (κ1) is 13.7. The van der Waals surface area contributed by atoms with Crippen LogP contribution >= 0.6 is 0 Å². The summed E-state index contributed by atoms with van der Waals surface area (Å²) in [6.45, 7) is 4.49. The van der Waals surface area contributed by atoms with Crippen LogP contribution in [0, 0.1) is 0 Å². The summed E-state index contributed by atoms with van der Waals surface area (Å²) in [5, 5.41) is 3.56. The van der Waals surface area contributed by atoms with Crippen LogP contribution in [0.15, 0.2) is 54.6 Å². The quantitative estimate of drug-likeness (QED) is 0.732. The zero-order valence-corrected chi connectivity index (χ0v) is 11.9. The fraction of sp³-hybridized carbons (Fsp3) is 0.333. The van der Waals surface area contributed by atoms with Gasteiger partial charge in [0.2, 0.25) is 0 Å². The highest BCUT2D eigenvalue weighted by molar-refractivity contribution is 5.65. The predicted octanol–water partition coefficient (Wildman–Crippen LogP) is 5.34. The summed E-state index contributed by atoms with van der Waals surface area (Å²) in [5.41, 5.74) is 3.75. The van der Waals surface area contributed by atoms with Crippen molar-refractivity contribution in [3.05, 3.63) is 54.6 Å². The van der Waals surface area contributed by atoms with Crippen molar-refractivity contribution >= 4 is 5.69 Å². The van der Waals surface area contributed by atoms with Crippen molar-refractivity contribution < 1.29 is 0 Å². The Hall–Kier alpha value is -1.76. The molecule has 0 aliphatic rings. The number of hydrogen-bond donors (Lipinski definition) is 1. The minimum absolute atomic E-state index is 0.544. The van der Waals surface area contributed by atoms with Gasteiger partial charge in [0.15, 0.2) is 0 Å². The maximum absolute atomic E-state index is 3.56. The van der Waals surface area contributed by atoms with Gasteiger partial charge in [-0.3, -0.25) is 0 Å². The summed E-state index contributed by atoms with van der Waals surface area (Å²) in [7, 11) is 0. The van der Waals surface area contributed by atoms with Crippen molar-refractivity contribution in [2.45, 2.75) is 39.2 Å². The molecule has 2 aromatic rings. The lowest BCUT2D eigenvalue weighted by molar-refractivity contribution is 0.645. The van der Waals surface area contributed by atoms with Gasteiger partial charge < -0.3 is 5.32 Å². The molecule has 1 atom stereocenters. The van der Waals surface area contributed by atoms with E-state index in [1.807, 2.05) is 0 Å². The molecule has 0 saturated heterocycles. The summed E-state index contributed by atoms with van der Waals surface area (Å²) in [4.78, 5) is 0. The van der Waals surface area contributed by atoms with E-state index in [-0.39, 0.29) is 0 Å². The van der Waals surface area contributed by atoms with E-state index in [2.05, 4.69) is 73.8 Å². The van der Waals surface area contributed by atoms with Crippen LogP contribution < -0.4 is 5.32 Å². The topological polar surface area (TPSA) is 12.0 Å². The maximum Gasteiger partial charge on any atom is 0.0342 e. The first-order valence-corrected chi connectivity index (χ1v) is 7.21. The van der Waals surface area contributed by atoms with E-state index < -0.39 is 0 Å². The molecule has 0 amide bonds. The molecule has 0 aliphatic heterocycles. The number of nitrogens with one attached hydrogen (secondary N) is 1. The fourth-order valence-electron chi connectivity index (χ4n) is 2.26. The molecule has 0 fully saturated rings. The summed E-state index contributed by atoms with van der Waals surface area (Å²) >= 11 is 0. The second kappa shape index (κ2) is 6.98. The van der Waals surface area contributed by atoms with Gasteiger partial charge in [-0.05, 0) is 36.6 Å². The van der Waals surface area contributed by atoms with E-state index in [9.17, 15) is 0 Å². The first-order valence-electron chi connectivity index (χ1n) is 7.21. The van der Waals surface area contributed by atoms with E-state index in [1.165, 1.54) is 36.1 Å². The minimum Gasteiger partial charge on any atom is -0.383 e. The second-order valence-electron chi connectivity index (χ2n) is 5.13. The Morgan fingerprint density at radius 2 is 1.53 bits per heavy atom. The van der Waals surface area contributed by atoms with Gasteiger partial charge >= 0.3 is 0 Å². The molecule has 0 aromatic heterocycles. The predicted molar refractivity (Wildman–Crippen MR) is 84.5 cm³/mol. The average molecular weight is 253 g/mol. The van der Waals surface area contributed by atoms with Crippen LogP contribution in [-0.4, -0.2) is 6.04 Å². The van der Waals surface area contributed by atoms with E-state index >= 15 is 0 Å². The molecule has 1 N–H and O–H groups in total. The molecule has 2 aromatic carbocycles. The molecule has 19 heavy (non-hydrogen) atoms. The Balaban J connectivity index is 1.99. The third-order valence-corrected chi connectivity index (χ3v) is 3.40. The average Bonchev–Trinajstić information content (AvgIpc) is 2.47. The van der Waals surface area contributed by atoms with E-state index in [0.717, 1.165) is 0 Å². The molecule has 1 nitrogen and oxygen atoms in total. The van der Waals surface area contributed by atoms with Crippen molar-refractivity contribution in [1.29, 1.82) is 0 Å². The molecule has 0 bridgehead atoms. The number of rotatable bonds is 6. The summed E-state index contributed by atoms with van der Waals surface area (Å²) in [5.74, 6) is 0. The lowest BCUT2D eigenvalue weighted by Gasteiger charge is -2.15. The zero-order chi connectivity index (χ0) is 13.5. The molecule has 0 saturated carbocycles. The SMILES string of the molecule is CCCCC(C)Nc1ccc(-c2ccccc2)cc1. The number of unbranched alkanes of at least 4 members (excludes halogenated alkanes) is 1. The molecule has 0 radical (unpaired) electrons. The van der Waals surface area contributed by atoms with Crippen molar-refractivity contribution in [3.8, 4) is 11.1 Å². The Kier molecular flexibility index (Phi) is 5.02. The Bertz CT molecular complexity index is 473. The third-order valence-electron chi connectivity index (χ3n) is 3.40. The minimum atomic E-state index is 0.544. The smallest absolute Gasteiger partial charge is 0.0342 e. The fourth-order valence-corrected chi connectivity index (χ4v) is 2.26. The summed E-state index contributed by atoms with van der Waals surface area (Å²) in [6, 6.07) is 19.8. The molecule has 1 heteroatoms.